The fourth-order valence-electron chi connectivity index (χ4n) is 2.88. The van der Waals surface area contributed by atoms with Crippen LogP contribution in [0.1, 0.15) is 43.9 Å². The van der Waals surface area contributed by atoms with Crippen molar-refractivity contribution in [2.24, 2.45) is 11.0 Å². The van der Waals surface area contributed by atoms with Crippen molar-refractivity contribution < 1.29 is 37.5 Å². The second-order valence-corrected chi connectivity index (χ2v) is 6.64. The quantitative estimate of drug-likeness (QED) is 0.724. The maximum absolute atomic E-state index is 12.5. The van der Waals surface area contributed by atoms with Crippen LogP contribution in [0, 0.1) is 25.8 Å². The van der Waals surface area contributed by atoms with Crippen LogP contribution >= 0.6 is 0 Å². The van der Waals surface area contributed by atoms with Gasteiger partial charge in [0.1, 0.15) is 0 Å². The summed E-state index contributed by atoms with van der Waals surface area (Å²) < 4.78 is 0. The molecule has 1 aliphatic heterocycles. The molecule has 1 aromatic rings. The number of nitrogens with zero attached hydrogens (tertiary/aromatic N) is 2. The van der Waals surface area contributed by atoms with Crippen molar-refractivity contribution in [2.75, 3.05) is 0 Å². The number of aryl methyl sites for hydroxylation is 2. The van der Waals surface area contributed by atoms with E-state index in [0.717, 1.165) is 12.1 Å². The monoisotopic (exact) mass is 386 g/mol. The van der Waals surface area contributed by atoms with Gasteiger partial charge in [0.2, 0.25) is 5.91 Å². The summed E-state index contributed by atoms with van der Waals surface area (Å²) in [7, 11) is 0. The first-order valence-electron chi connectivity index (χ1n) is 7.75. The molecule has 2 unspecified atom stereocenters. The Morgan fingerprint density at radius 2 is 2.00 bits per heavy atom. The first-order valence-corrected chi connectivity index (χ1v) is 7.75. The number of amides is 1. The number of hydrogen-bond donors (Lipinski definition) is 0. The van der Waals surface area contributed by atoms with Crippen LogP contribution in [0.2, 0.25) is 0 Å². The Labute approximate surface area is 165 Å². The Bertz CT molecular complexity index is 638. The van der Waals surface area contributed by atoms with Crippen LogP contribution in [0.3, 0.4) is 0 Å². The van der Waals surface area contributed by atoms with Gasteiger partial charge >= 0.3 is 0 Å². The molecule has 0 bridgehead atoms. The molecule has 23 heavy (non-hydrogen) atoms. The zero-order chi connectivity index (χ0) is 16.5. The van der Waals surface area contributed by atoms with Crippen molar-refractivity contribution in [3.63, 3.8) is 0 Å². The van der Waals surface area contributed by atoms with Crippen LogP contribution in [-0.2, 0) is 43.9 Å². The van der Waals surface area contributed by atoms with Crippen molar-refractivity contribution in [1.82, 2.24) is 5.01 Å². The van der Waals surface area contributed by atoms with Crippen LogP contribution in [0.5, 0.6) is 0 Å². The number of benzene rings is 1. The molecule has 0 spiro atoms. The predicted molar refractivity (Wildman–Crippen MR) is 90.6 cm³/mol. The Morgan fingerprint density at radius 3 is 2.57 bits per heavy atom. The fraction of sp³-hybridized carbons (Fsp3) is 0.474. The van der Waals surface area contributed by atoms with E-state index < -0.39 is 5.54 Å². The minimum Gasteiger partial charge on any atom is -0.475 e. The van der Waals surface area contributed by atoms with E-state index in [-0.39, 0.29) is 44.5 Å². The van der Waals surface area contributed by atoms with Gasteiger partial charge in [0.25, 0.3) is 0 Å². The Balaban J connectivity index is 0.00000264. The summed E-state index contributed by atoms with van der Waals surface area (Å²) in [5.74, 6) is 0.0120. The summed E-state index contributed by atoms with van der Waals surface area (Å²) in [6.45, 7) is 13.9. The molecule has 3 nitrogen and oxygen atoms in total. The third-order valence-corrected chi connectivity index (χ3v) is 4.47. The Hall–Kier alpha value is -0.796. The molecule has 0 aromatic heterocycles. The van der Waals surface area contributed by atoms with Crippen LogP contribution in [0.25, 0.3) is 0 Å². The van der Waals surface area contributed by atoms with E-state index in [1.165, 1.54) is 16.7 Å². The normalized spacial score (nSPS) is 20.4. The molecule has 1 radical (unpaired) electrons. The summed E-state index contributed by atoms with van der Waals surface area (Å²) in [6, 6.07) is 6.38. The molecule has 1 aliphatic rings. The van der Waals surface area contributed by atoms with Crippen LogP contribution in [0.4, 0.5) is 0 Å². The van der Waals surface area contributed by atoms with Crippen LogP contribution in [0.15, 0.2) is 29.9 Å². The molecule has 2 atom stereocenters. The zero-order valence-corrected chi connectivity index (χ0v) is 17.6. The van der Waals surface area contributed by atoms with Gasteiger partial charge in [-0.25, -0.2) is 0 Å². The first-order chi connectivity index (χ1) is 10.3. The molecule has 2 rings (SSSR count). The van der Waals surface area contributed by atoms with Crippen molar-refractivity contribution in [3.05, 3.63) is 47.5 Å². The van der Waals surface area contributed by atoms with Gasteiger partial charge < -0.3 is 6.08 Å². The average molecular weight is 386 g/mol. The van der Waals surface area contributed by atoms with Gasteiger partial charge in [0.05, 0.1) is 0 Å². The molecule has 1 aromatic carbocycles. The second-order valence-electron chi connectivity index (χ2n) is 6.64. The molecule has 4 heteroatoms. The van der Waals surface area contributed by atoms with Gasteiger partial charge in [-0.2, -0.15) is 5.10 Å². The molecule has 0 N–H and O–H groups in total. The number of carbonyl (C=O) groups excluding carboxylic acids is 1. The third-order valence-electron chi connectivity index (χ3n) is 4.47. The van der Waals surface area contributed by atoms with Gasteiger partial charge in [0, 0.05) is 44.3 Å². The van der Waals surface area contributed by atoms with Crippen molar-refractivity contribution in [1.29, 1.82) is 0 Å². The van der Waals surface area contributed by atoms with Crippen molar-refractivity contribution >= 4 is 11.6 Å². The van der Waals surface area contributed by atoms with Gasteiger partial charge in [-0.15, -0.1) is 0 Å². The average Bonchev–Trinajstić information content (AvgIpc) is 2.46. The van der Waals surface area contributed by atoms with Gasteiger partial charge in [0.15, 0.2) is 0 Å². The van der Waals surface area contributed by atoms with Crippen molar-refractivity contribution in [3.8, 4) is 0 Å². The van der Waals surface area contributed by atoms with Crippen LogP contribution < -0.4 is 0 Å². The zero-order valence-electron chi connectivity index (χ0n) is 14.8. The molecule has 0 saturated heterocycles. The van der Waals surface area contributed by atoms with E-state index in [2.05, 4.69) is 49.8 Å². The van der Waals surface area contributed by atoms with E-state index >= 15 is 0 Å². The van der Waals surface area contributed by atoms with E-state index in [4.69, 9.17) is 0 Å². The maximum Gasteiger partial charge on any atom is 0.244 e. The van der Waals surface area contributed by atoms with Gasteiger partial charge in [-0.05, 0) is 50.3 Å². The van der Waals surface area contributed by atoms with E-state index in [0.29, 0.717) is 6.42 Å². The molecular formula is C19H25N2OY-. The first kappa shape index (κ1) is 20.2. The van der Waals surface area contributed by atoms with Crippen molar-refractivity contribution in [2.45, 2.75) is 53.0 Å². The summed E-state index contributed by atoms with van der Waals surface area (Å²) in [5, 5.41) is 6.07. The summed E-state index contributed by atoms with van der Waals surface area (Å²) >= 11 is 0. The Kier molecular flexibility index (Phi) is 6.91. The molecule has 121 valence electrons. The number of hydrazone groups is 1. The molecule has 0 fully saturated rings. The maximum atomic E-state index is 12.5. The number of rotatable bonds is 4. The Morgan fingerprint density at radius 1 is 1.35 bits per heavy atom. The minimum atomic E-state index is -0.630. The smallest absolute Gasteiger partial charge is 0.244 e. The number of carbonyl (C=O) groups is 1. The molecular weight excluding hydrogens is 361 g/mol. The third kappa shape index (κ3) is 4.39. The van der Waals surface area contributed by atoms with E-state index in [1.807, 2.05) is 20.8 Å². The van der Waals surface area contributed by atoms with E-state index in [9.17, 15) is 4.79 Å². The second kappa shape index (κ2) is 7.85. The molecule has 1 amide bonds. The van der Waals surface area contributed by atoms with E-state index in [1.54, 1.807) is 5.01 Å². The fourth-order valence-corrected chi connectivity index (χ4v) is 2.88. The molecule has 1 heterocycles. The SMILES string of the molecule is C=[C-]C(C)(Cc1ccc(C)c(C)c1)N1N=C(C)CC(C)C1=O.[Y]. The van der Waals surface area contributed by atoms with Crippen LogP contribution in [-0.4, -0.2) is 22.2 Å². The summed E-state index contributed by atoms with van der Waals surface area (Å²) in [4.78, 5) is 12.5. The summed E-state index contributed by atoms with van der Waals surface area (Å²) in [6.07, 6.45) is 4.44. The largest absolute Gasteiger partial charge is 0.475 e. The van der Waals surface area contributed by atoms with Gasteiger partial charge in [-0.3, -0.25) is 16.4 Å². The van der Waals surface area contributed by atoms with Gasteiger partial charge in [-0.1, -0.05) is 37.6 Å². The topological polar surface area (TPSA) is 32.7 Å². The molecule has 0 aliphatic carbocycles. The number of hydrogen-bond acceptors (Lipinski definition) is 2. The summed E-state index contributed by atoms with van der Waals surface area (Å²) in [5.41, 5.74) is 4.04. The minimum absolute atomic E-state index is 0. The standard InChI is InChI=1S/C19H25N2O.Y/c1-7-19(6,12-17-9-8-13(2)14(3)11-17)21-18(22)15(4)10-16(5)20-21;/h8-9,11,15H,1,10,12H2,2-6H3;/q-1;. The molecule has 0 saturated carbocycles. The predicted octanol–water partition coefficient (Wildman–Crippen LogP) is 3.84.